The number of benzene rings is 1. The van der Waals surface area contributed by atoms with Gasteiger partial charge in [0.15, 0.2) is 0 Å². The standard InChI is InChI=1S/C12H11NO3S/c14-11-4-9(17)5-13(11)8-2-1-7-6-16-12(15)10(7)3-8/h1-3,9,17H,4-6H2. The van der Waals surface area contributed by atoms with Gasteiger partial charge in [-0.25, -0.2) is 4.79 Å². The normalized spacial score (nSPS) is 22.9. The molecule has 0 saturated carbocycles. The van der Waals surface area contributed by atoms with Crippen LogP contribution in [0.15, 0.2) is 18.2 Å². The fourth-order valence-electron chi connectivity index (χ4n) is 2.21. The number of nitrogens with zero attached hydrogens (tertiary/aromatic N) is 1. The van der Waals surface area contributed by atoms with Crippen molar-refractivity contribution in [1.29, 1.82) is 0 Å². The Kier molecular flexibility index (Phi) is 2.36. The minimum Gasteiger partial charge on any atom is -0.457 e. The first kappa shape index (κ1) is 10.7. The Labute approximate surface area is 104 Å². The van der Waals surface area contributed by atoms with E-state index < -0.39 is 0 Å². The molecule has 0 aliphatic carbocycles. The molecule has 1 unspecified atom stereocenters. The molecule has 2 aliphatic heterocycles. The minimum atomic E-state index is -0.309. The zero-order valence-electron chi connectivity index (χ0n) is 9.05. The van der Waals surface area contributed by atoms with Crippen molar-refractivity contribution in [2.45, 2.75) is 18.3 Å². The number of carbonyl (C=O) groups is 2. The van der Waals surface area contributed by atoms with E-state index in [-0.39, 0.29) is 17.1 Å². The van der Waals surface area contributed by atoms with Crippen LogP contribution in [0.4, 0.5) is 5.69 Å². The average Bonchev–Trinajstić information content (AvgIpc) is 2.83. The zero-order chi connectivity index (χ0) is 12.0. The van der Waals surface area contributed by atoms with E-state index >= 15 is 0 Å². The Morgan fingerprint density at radius 2 is 2.18 bits per heavy atom. The molecule has 1 aromatic carbocycles. The van der Waals surface area contributed by atoms with Gasteiger partial charge in [-0.05, 0) is 12.1 Å². The fraction of sp³-hybridized carbons (Fsp3) is 0.333. The Bertz CT molecular complexity index is 514. The second-order valence-corrected chi connectivity index (χ2v) is 5.01. The molecule has 0 bridgehead atoms. The first-order valence-electron chi connectivity index (χ1n) is 5.43. The van der Waals surface area contributed by atoms with Crippen LogP contribution in [0.5, 0.6) is 0 Å². The molecule has 4 nitrogen and oxygen atoms in total. The quantitative estimate of drug-likeness (QED) is 0.604. The summed E-state index contributed by atoms with van der Waals surface area (Å²) in [7, 11) is 0. The van der Waals surface area contributed by atoms with Gasteiger partial charge in [-0.2, -0.15) is 12.6 Å². The molecule has 1 fully saturated rings. The van der Waals surface area contributed by atoms with Crippen molar-refractivity contribution in [2.75, 3.05) is 11.4 Å². The number of carbonyl (C=O) groups excluding carboxylic acids is 2. The van der Waals surface area contributed by atoms with Gasteiger partial charge < -0.3 is 9.64 Å². The molecule has 5 heteroatoms. The van der Waals surface area contributed by atoms with Crippen LogP contribution in [0.2, 0.25) is 0 Å². The maximum atomic E-state index is 11.7. The van der Waals surface area contributed by atoms with Gasteiger partial charge in [0.25, 0.3) is 0 Å². The lowest BCUT2D eigenvalue weighted by Gasteiger charge is -2.16. The number of rotatable bonds is 1. The third kappa shape index (κ3) is 1.70. The maximum Gasteiger partial charge on any atom is 0.338 e. The van der Waals surface area contributed by atoms with Crippen molar-refractivity contribution in [2.24, 2.45) is 0 Å². The molecular formula is C12H11NO3S. The molecule has 17 heavy (non-hydrogen) atoms. The van der Waals surface area contributed by atoms with E-state index in [1.165, 1.54) is 0 Å². The number of amides is 1. The summed E-state index contributed by atoms with van der Waals surface area (Å²) in [5.74, 6) is -0.257. The van der Waals surface area contributed by atoms with Gasteiger partial charge in [0.05, 0.1) is 5.56 Å². The van der Waals surface area contributed by atoms with Crippen molar-refractivity contribution in [3.63, 3.8) is 0 Å². The monoisotopic (exact) mass is 249 g/mol. The van der Waals surface area contributed by atoms with E-state index in [0.29, 0.717) is 25.1 Å². The molecule has 0 aromatic heterocycles. The summed E-state index contributed by atoms with van der Waals surface area (Å²) in [6, 6.07) is 5.42. The number of hydrogen-bond acceptors (Lipinski definition) is 4. The molecule has 2 aliphatic rings. The average molecular weight is 249 g/mol. The molecule has 1 atom stereocenters. The summed E-state index contributed by atoms with van der Waals surface area (Å²) >= 11 is 4.31. The van der Waals surface area contributed by atoms with Crippen LogP contribution in [0, 0.1) is 0 Å². The zero-order valence-corrected chi connectivity index (χ0v) is 9.94. The smallest absolute Gasteiger partial charge is 0.338 e. The van der Waals surface area contributed by atoms with E-state index in [4.69, 9.17) is 4.74 Å². The van der Waals surface area contributed by atoms with Gasteiger partial charge in [0.2, 0.25) is 5.91 Å². The van der Waals surface area contributed by atoms with Gasteiger partial charge in [0.1, 0.15) is 6.61 Å². The molecular weight excluding hydrogens is 238 g/mol. The Balaban J connectivity index is 1.97. The fourth-order valence-corrected chi connectivity index (χ4v) is 2.53. The predicted octanol–water partition coefficient (Wildman–Crippen LogP) is 1.39. The summed E-state index contributed by atoms with van der Waals surface area (Å²) in [4.78, 5) is 24.8. The SMILES string of the molecule is O=C1OCc2ccc(N3CC(S)CC3=O)cc21. The van der Waals surface area contributed by atoms with Crippen molar-refractivity contribution in [3.05, 3.63) is 29.3 Å². The number of esters is 1. The molecule has 3 rings (SSSR count). The highest BCUT2D eigenvalue weighted by Crippen LogP contribution is 2.29. The minimum absolute atomic E-state index is 0.0521. The Morgan fingerprint density at radius 1 is 1.35 bits per heavy atom. The summed E-state index contributed by atoms with van der Waals surface area (Å²) in [6.07, 6.45) is 0.449. The molecule has 88 valence electrons. The van der Waals surface area contributed by atoms with E-state index in [1.807, 2.05) is 12.1 Å². The van der Waals surface area contributed by atoms with Crippen LogP contribution in [0.3, 0.4) is 0 Å². The van der Waals surface area contributed by atoms with Crippen molar-refractivity contribution in [3.8, 4) is 0 Å². The second-order valence-electron chi connectivity index (χ2n) is 4.28. The van der Waals surface area contributed by atoms with E-state index in [9.17, 15) is 9.59 Å². The first-order chi connectivity index (χ1) is 8.15. The van der Waals surface area contributed by atoms with Gasteiger partial charge in [-0.1, -0.05) is 6.07 Å². The third-order valence-electron chi connectivity index (χ3n) is 3.09. The number of anilines is 1. The van der Waals surface area contributed by atoms with E-state index in [0.717, 1.165) is 11.3 Å². The van der Waals surface area contributed by atoms with Gasteiger partial charge in [0, 0.05) is 29.5 Å². The first-order valence-corrected chi connectivity index (χ1v) is 5.95. The molecule has 0 radical (unpaired) electrons. The molecule has 0 spiro atoms. The highest BCUT2D eigenvalue weighted by Gasteiger charge is 2.30. The largest absolute Gasteiger partial charge is 0.457 e. The maximum absolute atomic E-state index is 11.7. The summed E-state index contributed by atoms with van der Waals surface area (Å²) in [5, 5.41) is 0.0720. The van der Waals surface area contributed by atoms with Gasteiger partial charge in [-0.15, -0.1) is 0 Å². The Morgan fingerprint density at radius 3 is 2.88 bits per heavy atom. The number of thiol groups is 1. The van der Waals surface area contributed by atoms with Gasteiger partial charge >= 0.3 is 5.97 Å². The van der Waals surface area contributed by atoms with Gasteiger partial charge in [-0.3, -0.25) is 4.79 Å². The lowest BCUT2D eigenvalue weighted by atomic mass is 10.1. The van der Waals surface area contributed by atoms with Crippen LogP contribution in [-0.2, 0) is 16.1 Å². The summed E-state index contributed by atoms with van der Waals surface area (Å²) in [5.41, 5.74) is 2.20. The molecule has 1 aromatic rings. The van der Waals surface area contributed by atoms with Crippen LogP contribution in [0.1, 0.15) is 22.3 Å². The van der Waals surface area contributed by atoms with Crippen LogP contribution >= 0.6 is 12.6 Å². The van der Waals surface area contributed by atoms with Crippen LogP contribution in [0.25, 0.3) is 0 Å². The summed E-state index contributed by atoms with van der Waals surface area (Å²) in [6.45, 7) is 0.924. The lowest BCUT2D eigenvalue weighted by Crippen LogP contribution is -2.24. The van der Waals surface area contributed by atoms with Crippen LogP contribution < -0.4 is 4.90 Å². The predicted molar refractivity (Wildman–Crippen MR) is 65.3 cm³/mol. The number of hydrogen-bond donors (Lipinski definition) is 1. The van der Waals surface area contributed by atoms with Crippen LogP contribution in [-0.4, -0.2) is 23.7 Å². The second kappa shape index (κ2) is 3.77. The lowest BCUT2D eigenvalue weighted by molar-refractivity contribution is -0.117. The summed E-state index contributed by atoms with van der Waals surface area (Å²) < 4.78 is 4.93. The van der Waals surface area contributed by atoms with E-state index in [1.54, 1.807) is 11.0 Å². The molecule has 1 amide bonds. The molecule has 2 heterocycles. The highest BCUT2D eigenvalue weighted by atomic mass is 32.1. The molecule has 0 N–H and O–H groups in total. The van der Waals surface area contributed by atoms with Crippen molar-refractivity contribution in [1.82, 2.24) is 0 Å². The third-order valence-corrected chi connectivity index (χ3v) is 3.43. The van der Waals surface area contributed by atoms with E-state index in [2.05, 4.69) is 12.6 Å². The number of cyclic esters (lactones) is 1. The number of fused-ring (bicyclic) bond motifs is 1. The molecule has 1 saturated heterocycles. The van der Waals surface area contributed by atoms with Crippen molar-refractivity contribution >= 4 is 30.2 Å². The highest BCUT2D eigenvalue weighted by molar-refractivity contribution is 7.81. The topological polar surface area (TPSA) is 46.6 Å². The Hall–Kier alpha value is -1.49. The van der Waals surface area contributed by atoms with Crippen molar-refractivity contribution < 1.29 is 14.3 Å². The number of ether oxygens (including phenoxy) is 1.